The molecule has 1 aliphatic heterocycles. The van der Waals surface area contributed by atoms with Gasteiger partial charge in [-0.15, -0.1) is 0 Å². The molecule has 0 atom stereocenters. The lowest BCUT2D eigenvalue weighted by Gasteiger charge is -2.25. The molecule has 0 aliphatic carbocycles. The van der Waals surface area contributed by atoms with Crippen LogP contribution in [0.15, 0.2) is 69.5 Å². The number of Topliss-reactive ketones (excluding diaryl/α,β-unsaturated/α-hetero) is 1. The second-order valence-electron chi connectivity index (χ2n) is 5.99. The van der Waals surface area contributed by atoms with E-state index in [9.17, 15) is 9.59 Å². The standard InChI is InChI=1S/C20H21N3O3S/c24-19(14-21-22-20(25)15-23-10-12-26-13-11-23)16-6-8-18(9-7-16)27-17-4-2-1-3-5-17/h1-9,14H,10-13,15H2,(H,22,25)/b21-14-. The highest BCUT2D eigenvalue weighted by Crippen LogP contribution is 2.27. The molecule has 140 valence electrons. The summed E-state index contributed by atoms with van der Waals surface area (Å²) < 4.78 is 5.24. The number of nitrogens with zero attached hydrogens (tertiary/aromatic N) is 2. The molecule has 1 heterocycles. The van der Waals surface area contributed by atoms with Gasteiger partial charge in [-0.05, 0) is 36.4 Å². The van der Waals surface area contributed by atoms with Crippen molar-refractivity contribution < 1.29 is 14.3 Å². The normalized spacial score (nSPS) is 15.0. The minimum absolute atomic E-state index is 0.240. The van der Waals surface area contributed by atoms with Crippen molar-refractivity contribution in [1.82, 2.24) is 10.3 Å². The molecule has 1 saturated heterocycles. The Bertz CT molecular complexity index is 788. The summed E-state index contributed by atoms with van der Waals surface area (Å²) in [5.74, 6) is -0.492. The first-order chi connectivity index (χ1) is 13.2. The Morgan fingerprint density at radius 1 is 1.04 bits per heavy atom. The number of hydrogen-bond acceptors (Lipinski definition) is 6. The fourth-order valence-corrected chi connectivity index (χ4v) is 3.38. The summed E-state index contributed by atoms with van der Waals surface area (Å²) in [6.07, 6.45) is 1.14. The summed E-state index contributed by atoms with van der Waals surface area (Å²) in [7, 11) is 0. The van der Waals surface area contributed by atoms with Crippen LogP contribution >= 0.6 is 11.8 Å². The van der Waals surface area contributed by atoms with Gasteiger partial charge in [0.15, 0.2) is 0 Å². The zero-order chi connectivity index (χ0) is 18.9. The lowest BCUT2D eigenvalue weighted by Crippen LogP contribution is -2.42. The molecule has 3 rings (SSSR count). The number of benzene rings is 2. The van der Waals surface area contributed by atoms with E-state index in [-0.39, 0.29) is 18.2 Å². The van der Waals surface area contributed by atoms with Gasteiger partial charge in [-0.3, -0.25) is 14.5 Å². The number of carbonyl (C=O) groups excluding carboxylic acids is 2. The Hall–Kier alpha value is -2.48. The molecule has 0 bridgehead atoms. The van der Waals surface area contributed by atoms with Gasteiger partial charge in [0.1, 0.15) is 0 Å². The summed E-state index contributed by atoms with van der Waals surface area (Å²) in [5, 5.41) is 3.77. The van der Waals surface area contributed by atoms with E-state index in [0.29, 0.717) is 18.8 Å². The van der Waals surface area contributed by atoms with Crippen molar-refractivity contribution in [1.29, 1.82) is 0 Å². The number of hydrazone groups is 1. The second kappa shape index (κ2) is 10.0. The van der Waals surface area contributed by atoms with Crippen molar-refractivity contribution in [3.8, 4) is 0 Å². The van der Waals surface area contributed by atoms with Crippen LogP contribution in [0.25, 0.3) is 0 Å². The predicted molar refractivity (Wildman–Crippen MR) is 105 cm³/mol. The lowest BCUT2D eigenvalue weighted by molar-refractivity contribution is -0.123. The van der Waals surface area contributed by atoms with Gasteiger partial charge in [0.25, 0.3) is 5.91 Å². The molecule has 6 nitrogen and oxygen atoms in total. The Morgan fingerprint density at radius 3 is 2.41 bits per heavy atom. The highest BCUT2D eigenvalue weighted by atomic mass is 32.2. The summed E-state index contributed by atoms with van der Waals surface area (Å²) in [6.45, 7) is 2.97. The van der Waals surface area contributed by atoms with Crippen LogP contribution in [-0.4, -0.2) is 55.7 Å². The van der Waals surface area contributed by atoms with Crippen LogP contribution < -0.4 is 5.43 Å². The molecule has 1 amide bonds. The van der Waals surface area contributed by atoms with E-state index < -0.39 is 0 Å². The molecule has 2 aromatic rings. The fourth-order valence-electron chi connectivity index (χ4n) is 2.55. The highest BCUT2D eigenvalue weighted by molar-refractivity contribution is 7.99. The predicted octanol–water partition coefficient (Wildman–Crippen LogP) is 2.45. The number of ether oxygens (including phenoxy) is 1. The zero-order valence-electron chi connectivity index (χ0n) is 14.8. The Kier molecular flexibility index (Phi) is 7.15. The Balaban J connectivity index is 1.47. The van der Waals surface area contributed by atoms with Crippen molar-refractivity contribution in [3.63, 3.8) is 0 Å². The SMILES string of the molecule is O=C(CN1CCOCC1)N/N=C\C(=O)c1ccc(Sc2ccccc2)cc1. The highest BCUT2D eigenvalue weighted by Gasteiger charge is 2.13. The monoisotopic (exact) mass is 383 g/mol. The number of hydrogen-bond donors (Lipinski definition) is 1. The van der Waals surface area contributed by atoms with Crippen LogP contribution in [0.1, 0.15) is 10.4 Å². The minimum Gasteiger partial charge on any atom is -0.379 e. The lowest BCUT2D eigenvalue weighted by atomic mass is 10.1. The molecule has 1 fully saturated rings. The molecule has 0 unspecified atom stereocenters. The van der Waals surface area contributed by atoms with Crippen LogP contribution in [-0.2, 0) is 9.53 Å². The van der Waals surface area contributed by atoms with Gasteiger partial charge in [-0.1, -0.05) is 30.0 Å². The first-order valence-electron chi connectivity index (χ1n) is 8.70. The maximum absolute atomic E-state index is 12.2. The van der Waals surface area contributed by atoms with E-state index in [1.54, 1.807) is 23.9 Å². The van der Waals surface area contributed by atoms with Gasteiger partial charge in [0.2, 0.25) is 5.78 Å². The average molecular weight is 383 g/mol. The number of amides is 1. The average Bonchev–Trinajstić information content (AvgIpc) is 2.70. The summed E-state index contributed by atoms with van der Waals surface area (Å²) in [4.78, 5) is 28.2. The van der Waals surface area contributed by atoms with Crippen LogP contribution in [0.3, 0.4) is 0 Å². The second-order valence-corrected chi connectivity index (χ2v) is 7.13. The number of ketones is 1. The quantitative estimate of drug-likeness (QED) is 0.452. The topological polar surface area (TPSA) is 71.0 Å². The molecule has 0 aromatic heterocycles. The van der Waals surface area contributed by atoms with Crippen molar-refractivity contribution in [2.45, 2.75) is 9.79 Å². The Labute approximate surface area is 162 Å². The third-order valence-electron chi connectivity index (χ3n) is 3.96. The van der Waals surface area contributed by atoms with Crippen molar-refractivity contribution >= 4 is 29.7 Å². The van der Waals surface area contributed by atoms with Gasteiger partial charge in [-0.2, -0.15) is 5.10 Å². The van der Waals surface area contributed by atoms with E-state index in [2.05, 4.69) is 10.5 Å². The van der Waals surface area contributed by atoms with E-state index >= 15 is 0 Å². The molecule has 27 heavy (non-hydrogen) atoms. The maximum atomic E-state index is 12.2. The van der Waals surface area contributed by atoms with Crippen LogP contribution in [0.5, 0.6) is 0 Å². The largest absolute Gasteiger partial charge is 0.379 e. The molecule has 2 aromatic carbocycles. The van der Waals surface area contributed by atoms with Gasteiger partial charge >= 0.3 is 0 Å². The van der Waals surface area contributed by atoms with E-state index in [1.807, 2.05) is 47.4 Å². The van der Waals surface area contributed by atoms with E-state index in [4.69, 9.17) is 4.74 Å². The Morgan fingerprint density at radius 2 is 1.70 bits per heavy atom. The molecule has 0 radical (unpaired) electrons. The van der Waals surface area contributed by atoms with Gasteiger partial charge in [0.05, 0.1) is 26.0 Å². The van der Waals surface area contributed by atoms with Gasteiger partial charge in [0, 0.05) is 28.4 Å². The van der Waals surface area contributed by atoms with Gasteiger partial charge in [-0.25, -0.2) is 5.43 Å². The van der Waals surface area contributed by atoms with Crippen LogP contribution in [0.2, 0.25) is 0 Å². The summed E-state index contributed by atoms with van der Waals surface area (Å²) >= 11 is 1.63. The summed E-state index contributed by atoms with van der Waals surface area (Å²) in [6, 6.07) is 17.3. The third-order valence-corrected chi connectivity index (χ3v) is 4.98. The third kappa shape index (κ3) is 6.32. The number of morpholine rings is 1. The fraction of sp³-hybridized carbons (Fsp3) is 0.250. The first kappa shape index (κ1) is 19.3. The minimum atomic E-state index is -0.252. The van der Waals surface area contributed by atoms with Crippen LogP contribution in [0, 0.1) is 0 Å². The van der Waals surface area contributed by atoms with E-state index in [1.165, 1.54) is 0 Å². The zero-order valence-corrected chi connectivity index (χ0v) is 15.7. The van der Waals surface area contributed by atoms with Crippen molar-refractivity contribution in [2.24, 2.45) is 5.10 Å². The van der Waals surface area contributed by atoms with Crippen molar-refractivity contribution in [3.05, 3.63) is 60.2 Å². The molecular weight excluding hydrogens is 362 g/mol. The van der Waals surface area contributed by atoms with Crippen molar-refractivity contribution in [2.75, 3.05) is 32.8 Å². The maximum Gasteiger partial charge on any atom is 0.254 e. The molecular formula is C20H21N3O3S. The molecule has 0 spiro atoms. The molecule has 1 N–H and O–H groups in total. The number of carbonyl (C=O) groups is 2. The number of rotatable bonds is 7. The molecule has 1 aliphatic rings. The smallest absolute Gasteiger partial charge is 0.254 e. The van der Waals surface area contributed by atoms with Crippen LogP contribution in [0.4, 0.5) is 0 Å². The first-order valence-corrected chi connectivity index (χ1v) is 9.52. The van der Waals surface area contributed by atoms with Gasteiger partial charge < -0.3 is 4.74 Å². The molecule has 0 saturated carbocycles. The van der Waals surface area contributed by atoms with E-state index in [0.717, 1.165) is 29.1 Å². The molecule has 7 heteroatoms. The number of nitrogens with one attached hydrogen (secondary N) is 1. The summed E-state index contributed by atoms with van der Waals surface area (Å²) in [5.41, 5.74) is 2.92.